The molecular weight excluding hydrogens is 199 g/mol. The van der Waals surface area contributed by atoms with Crippen molar-refractivity contribution in [2.75, 3.05) is 0 Å². The first-order valence-electron chi connectivity index (χ1n) is 0.730. The molecule has 0 saturated carbocycles. The molecule has 1 radical (unpaired) electrons. The zero-order chi connectivity index (χ0) is 4.50. The molecule has 0 fully saturated rings. The summed E-state index contributed by atoms with van der Waals surface area (Å²) in [5.74, 6) is 0. The Hall–Kier alpha value is 1.89. The molecule has 7 heteroatoms. The third kappa shape index (κ3) is 76.7. The molecule has 0 saturated heterocycles. The van der Waals surface area contributed by atoms with Crippen LogP contribution in [0.15, 0.2) is 0 Å². The van der Waals surface area contributed by atoms with Crippen LogP contribution in [0.3, 0.4) is 0 Å². The minimum absolute atomic E-state index is 0. The summed E-state index contributed by atoms with van der Waals surface area (Å²) >= 11 is 0. The maximum absolute atomic E-state index is 8.55. The fourth-order valence-electron chi connectivity index (χ4n) is 0. The van der Waals surface area contributed by atoms with Crippen molar-refractivity contribution in [2.45, 2.75) is 0 Å². The van der Waals surface area contributed by atoms with E-state index in [0.29, 0.717) is 0 Å². The molecule has 0 aliphatic rings. The van der Waals surface area contributed by atoms with Gasteiger partial charge in [0.2, 0.25) is 0 Å². The van der Waals surface area contributed by atoms with Crippen molar-refractivity contribution in [1.29, 1.82) is 0 Å². The second-order valence-electron chi connectivity index (χ2n) is 0.447. The molecule has 41 valence electrons. The van der Waals surface area contributed by atoms with Crippen LogP contribution >= 0.6 is 7.82 Å². The SMILES string of the molecule is O=P([O-])([O-])[O-].[Ca+2].[Cu+2]. The molecule has 0 aliphatic heterocycles. The van der Waals surface area contributed by atoms with E-state index in [2.05, 4.69) is 0 Å². The summed E-state index contributed by atoms with van der Waals surface area (Å²) in [6.45, 7) is 0. The molecule has 0 heterocycles. The van der Waals surface area contributed by atoms with Gasteiger partial charge in [-0.3, -0.25) is 0 Å². The molecule has 4 nitrogen and oxygen atoms in total. The summed E-state index contributed by atoms with van der Waals surface area (Å²) in [4.78, 5) is 25.6. The fraction of sp³-hybridized carbons (Fsp3) is 0. The summed E-state index contributed by atoms with van der Waals surface area (Å²) in [5, 5.41) is 0. The number of hydrogen-bond acceptors (Lipinski definition) is 4. The fourth-order valence-corrected chi connectivity index (χ4v) is 0. The molecule has 0 atom stereocenters. The summed E-state index contributed by atoms with van der Waals surface area (Å²) in [6, 6.07) is 0. The van der Waals surface area contributed by atoms with Gasteiger partial charge in [-0.2, -0.15) is 7.82 Å². The Morgan fingerprint density at radius 2 is 1.14 bits per heavy atom. The van der Waals surface area contributed by atoms with Crippen LogP contribution in [0.1, 0.15) is 0 Å². The third-order valence-corrected chi connectivity index (χ3v) is 0. The van der Waals surface area contributed by atoms with Gasteiger partial charge in [0, 0.05) is 0 Å². The molecule has 0 N–H and O–H groups in total. The van der Waals surface area contributed by atoms with E-state index < -0.39 is 7.82 Å². The van der Waals surface area contributed by atoms with E-state index >= 15 is 0 Å². The smallest absolute Gasteiger partial charge is 0.822 e. The van der Waals surface area contributed by atoms with Gasteiger partial charge in [0.15, 0.2) is 0 Å². The molecule has 0 unspecified atom stereocenters. The predicted molar refractivity (Wildman–Crippen MR) is 13.4 cm³/mol. The molecule has 0 aliphatic carbocycles. The van der Waals surface area contributed by atoms with Crippen molar-refractivity contribution < 1.29 is 36.3 Å². The van der Waals surface area contributed by atoms with Gasteiger partial charge in [-0.05, 0) is 0 Å². The van der Waals surface area contributed by atoms with Crippen LogP contribution in [0.5, 0.6) is 0 Å². The Labute approximate surface area is 81.0 Å². The van der Waals surface area contributed by atoms with Gasteiger partial charge in [0.05, 0.1) is 0 Å². The van der Waals surface area contributed by atoms with Gasteiger partial charge < -0.3 is 19.2 Å². The topological polar surface area (TPSA) is 86.2 Å². The van der Waals surface area contributed by atoms with Crippen molar-refractivity contribution in [3.05, 3.63) is 0 Å². The molecule has 0 aromatic carbocycles. The maximum Gasteiger partial charge on any atom is 2.00 e. The molecule has 7 heavy (non-hydrogen) atoms. The zero-order valence-corrected chi connectivity index (χ0v) is 7.13. The second-order valence-corrected chi connectivity index (χ2v) is 1.34. The van der Waals surface area contributed by atoms with E-state index in [1.54, 1.807) is 0 Å². The van der Waals surface area contributed by atoms with Crippen LogP contribution in [0.4, 0.5) is 0 Å². The van der Waals surface area contributed by atoms with Crippen LogP contribution < -0.4 is 14.7 Å². The molecular formula is CaCuO4P+. The summed E-state index contributed by atoms with van der Waals surface area (Å²) in [5.41, 5.74) is 0. The Morgan fingerprint density at radius 3 is 1.14 bits per heavy atom. The Balaban J connectivity index is -0.0000000800. The number of hydrogen-bond donors (Lipinski definition) is 0. The van der Waals surface area contributed by atoms with Gasteiger partial charge in [0.1, 0.15) is 0 Å². The molecule has 0 amide bonds. The first-order valence-corrected chi connectivity index (χ1v) is 2.19. The molecule has 0 aromatic heterocycles. The van der Waals surface area contributed by atoms with Crippen molar-refractivity contribution in [2.24, 2.45) is 0 Å². The Bertz CT molecular complexity index is 57.8. The normalized spacial score (nSPS) is 8.43. The van der Waals surface area contributed by atoms with E-state index in [1.807, 2.05) is 0 Å². The van der Waals surface area contributed by atoms with Crippen molar-refractivity contribution in [3.8, 4) is 0 Å². The number of rotatable bonds is 0. The molecule has 0 bridgehead atoms. The van der Waals surface area contributed by atoms with E-state index in [1.165, 1.54) is 0 Å². The van der Waals surface area contributed by atoms with Crippen LogP contribution in [0, 0.1) is 0 Å². The van der Waals surface area contributed by atoms with Crippen molar-refractivity contribution >= 4 is 45.6 Å². The van der Waals surface area contributed by atoms with Gasteiger partial charge >= 0.3 is 54.8 Å². The molecule has 0 spiro atoms. The molecule has 0 rings (SSSR count). The van der Waals surface area contributed by atoms with Crippen LogP contribution in [0.25, 0.3) is 0 Å². The van der Waals surface area contributed by atoms with Crippen LogP contribution in [-0.2, 0) is 21.6 Å². The minimum Gasteiger partial charge on any atom is -0.822 e. The van der Waals surface area contributed by atoms with Crippen LogP contribution in [-0.4, -0.2) is 37.7 Å². The summed E-state index contributed by atoms with van der Waals surface area (Å²) in [6.07, 6.45) is 0. The standard InChI is InChI=1S/Ca.Cu.H3O4P/c;;1-5(2,3)4/h;;(H3,1,2,3,4)/q2*+2;/p-3. The first-order chi connectivity index (χ1) is 2.00. The maximum atomic E-state index is 8.55. The van der Waals surface area contributed by atoms with Crippen molar-refractivity contribution in [1.82, 2.24) is 0 Å². The van der Waals surface area contributed by atoms with Gasteiger partial charge in [-0.1, -0.05) is 0 Å². The zero-order valence-electron chi connectivity index (χ0n) is 3.09. The van der Waals surface area contributed by atoms with Gasteiger partial charge in [-0.25, -0.2) is 0 Å². The summed E-state index contributed by atoms with van der Waals surface area (Å²) < 4.78 is 8.55. The van der Waals surface area contributed by atoms with Crippen molar-refractivity contribution in [3.63, 3.8) is 0 Å². The molecule has 0 aromatic rings. The first kappa shape index (κ1) is 16.0. The van der Waals surface area contributed by atoms with E-state index in [9.17, 15) is 0 Å². The van der Waals surface area contributed by atoms with Crippen LogP contribution in [0.2, 0.25) is 0 Å². The average Bonchev–Trinajstić information content (AvgIpc) is 0.722. The quantitative estimate of drug-likeness (QED) is 0.303. The Kier molecular flexibility index (Phi) is 13.7. The minimum atomic E-state index is -5.39. The predicted octanol–water partition coefficient (Wildman–Crippen LogP) is -3.21. The summed E-state index contributed by atoms with van der Waals surface area (Å²) in [7, 11) is -5.39. The third-order valence-electron chi connectivity index (χ3n) is 0. The Morgan fingerprint density at radius 1 is 1.14 bits per heavy atom. The van der Waals surface area contributed by atoms with E-state index in [-0.39, 0.29) is 54.8 Å². The monoisotopic (exact) mass is 198 g/mol. The second kappa shape index (κ2) is 6.02. The van der Waals surface area contributed by atoms with E-state index in [0.717, 1.165) is 0 Å². The number of phosphoric acid groups is 1. The average molecular weight is 199 g/mol. The van der Waals surface area contributed by atoms with E-state index in [4.69, 9.17) is 19.2 Å². The largest absolute Gasteiger partial charge is 2.00 e. The van der Waals surface area contributed by atoms with Gasteiger partial charge in [0.25, 0.3) is 0 Å². The van der Waals surface area contributed by atoms with Gasteiger partial charge in [-0.15, -0.1) is 0 Å².